The maximum Gasteiger partial charge on any atom is 0.210 e. The van der Waals surface area contributed by atoms with Crippen LogP contribution >= 0.6 is 35.0 Å². The minimum atomic E-state index is 0.484. The quantitative estimate of drug-likeness (QED) is 0.302. The Bertz CT molecular complexity index is 1080. The molecule has 2 aromatic carbocycles. The average Bonchev–Trinajstić information content (AvgIpc) is 3.01. The van der Waals surface area contributed by atoms with Crippen molar-refractivity contribution in [1.29, 1.82) is 0 Å². The van der Waals surface area contributed by atoms with Gasteiger partial charge in [0.15, 0.2) is 5.82 Å². The number of thioether (sulfide) groups is 1. The van der Waals surface area contributed by atoms with Crippen molar-refractivity contribution in [1.82, 2.24) is 19.9 Å². The number of hydrogen-bond acceptors (Lipinski definition) is 5. The average molecular weight is 402 g/mol. The summed E-state index contributed by atoms with van der Waals surface area (Å²) < 4.78 is 1.47. The van der Waals surface area contributed by atoms with Crippen molar-refractivity contribution in [2.24, 2.45) is 0 Å². The van der Waals surface area contributed by atoms with Crippen LogP contribution in [0.1, 0.15) is 5.56 Å². The van der Waals surface area contributed by atoms with E-state index in [1.54, 1.807) is 12.1 Å². The van der Waals surface area contributed by atoms with Crippen LogP contribution in [0.15, 0.2) is 59.8 Å². The molecule has 2 heterocycles. The summed E-state index contributed by atoms with van der Waals surface area (Å²) in [6.45, 7) is 0. The lowest BCUT2D eigenvalue weighted by molar-refractivity contribution is 0.849. The molecule has 2 aromatic heterocycles. The third-order valence-corrected chi connectivity index (χ3v) is 5.44. The number of hydrogen-bond donors (Lipinski definition) is 1. The minimum absolute atomic E-state index is 0.484. The van der Waals surface area contributed by atoms with E-state index in [0.29, 0.717) is 26.9 Å². The Kier molecular flexibility index (Phi) is 4.72. The summed E-state index contributed by atoms with van der Waals surface area (Å²) in [5, 5.41) is 11.1. The Hall–Kier alpha value is -2.28. The maximum absolute atomic E-state index is 6.31. The number of fused-ring (bicyclic) bond motifs is 1. The standard InChI is InChI=1S/C18H13Cl2N5S/c19-14-7-5-11(6-8-14)17-23-24-18(25(17)21)26-10-13-9-12-3-1-2-4-15(12)22-16(13)20/h1-9H,10,21H2. The van der Waals surface area contributed by atoms with E-state index in [9.17, 15) is 0 Å². The van der Waals surface area contributed by atoms with Crippen molar-refractivity contribution in [2.75, 3.05) is 5.84 Å². The van der Waals surface area contributed by atoms with E-state index in [4.69, 9.17) is 29.0 Å². The van der Waals surface area contributed by atoms with Gasteiger partial charge < -0.3 is 5.84 Å². The molecule has 0 fully saturated rings. The van der Waals surface area contributed by atoms with Crippen molar-refractivity contribution in [3.8, 4) is 11.4 Å². The maximum atomic E-state index is 6.31. The Morgan fingerprint density at radius 3 is 2.58 bits per heavy atom. The molecule has 0 amide bonds. The van der Waals surface area contributed by atoms with Crippen molar-refractivity contribution in [3.63, 3.8) is 0 Å². The molecule has 8 heteroatoms. The van der Waals surface area contributed by atoms with Gasteiger partial charge in [0, 0.05) is 27.3 Å². The van der Waals surface area contributed by atoms with Crippen LogP contribution in [0.2, 0.25) is 10.2 Å². The molecule has 0 radical (unpaired) electrons. The van der Waals surface area contributed by atoms with Crippen molar-refractivity contribution in [2.45, 2.75) is 10.9 Å². The van der Waals surface area contributed by atoms with Gasteiger partial charge in [-0.05, 0) is 36.4 Å². The van der Waals surface area contributed by atoms with Crippen LogP contribution in [0.5, 0.6) is 0 Å². The second-order valence-corrected chi connectivity index (χ2v) is 7.34. The van der Waals surface area contributed by atoms with Gasteiger partial charge in [0.1, 0.15) is 5.15 Å². The molecule has 4 rings (SSSR count). The van der Waals surface area contributed by atoms with Gasteiger partial charge in [-0.1, -0.05) is 53.2 Å². The monoisotopic (exact) mass is 401 g/mol. The molecule has 0 aliphatic heterocycles. The molecular weight excluding hydrogens is 389 g/mol. The Balaban J connectivity index is 1.57. The first-order chi connectivity index (χ1) is 12.6. The first-order valence-corrected chi connectivity index (χ1v) is 9.49. The van der Waals surface area contributed by atoms with Gasteiger partial charge >= 0.3 is 0 Å². The van der Waals surface area contributed by atoms with E-state index < -0.39 is 0 Å². The normalized spacial score (nSPS) is 11.2. The van der Waals surface area contributed by atoms with Crippen LogP contribution in [0.25, 0.3) is 22.3 Å². The molecule has 5 nitrogen and oxygen atoms in total. The van der Waals surface area contributed by atoms with Gasteiger partial charge in [0.25, 0.3) is 0 Å². The number of nitrogens with two attached hydrogens (primary N) is 1. The lowest BCUT2D eigenvalue weighted by atomic mass is 10.2. The summed E-state index contributed by atoms with van der Waals surface area (Å²) in [6, 6.07) is 17.2. The highest BCUT2D eigenvalue weighted by Gasteiger charge is 2.13. The summed E-state index contributed by atoms with van der Waals surface area (Å²) >= 11 is 13.7. The number of halogens is 2. The van der Waals surface area contributed by atoms with Gasteiger partial charge in [-0.15, -0.1) is 10.2 Å². The van der Waals surface area contributed by atoms with E-state index in [2.05, 4.69) is 15.2 Å². The number of aromatic nitrogens is 4. The molecule has 130 valence electrons. The lowest BCUT2D eigenvalue weighted by Crippen LogP contribution is -2.11. The van der Waals surface area contributed by atoms with Gasteiger partial charge in [0.05, 0.1) is 5.52 Å². The SMILES string of the molecule is Nn1c(SCc2cc3ccccc3nc2Cl)nnc1-c1ccc(Cl)cc1. The second kappa shape index (κ2) is 7.15. The van der Waals surface area contributed by atoms with Crippen LogP contribution in [-0.2, 0) is 5.75 Å². The topological polar surface area (TPSA) is 69.6 Å². The van der Waals surface area contributed by atoms with Gasteiger partial charge in [-0.2, -0.15) is 0 Å². The van der Waals surface area contributed by atoms with Crippen LogP contribution in [0.4, 0.5) is 0 Å². The summed E-state index contributed by atoms with van der Waals surface area (Å²) in [6.07, 6.45) is 0. The van der Waals surface area contributed by atoms with Crippen molar-refractivity contribution >= 4 is 45.9 Å². The Morgan fingerprint density at radius 2 is 1.77 bits per heavy atom. The molecule has 0 aliphatic rings. The van der Waals surface area contributed by atoms with E-state index in [1.165, 1.54) is 16.4 Å². The van der Waals surface area contributed by atoms with Crippen LogP contribution in [0, 0.1) is 0 Å². The number of nitrogens with zero attached hydrogens (tertiary/aromatic N) is 4. The molecule has 0 atom stereocenters. The fourth-order valence-electron chi connectivity index (χ4n) is 2.55. The zero-order valence-corrected chi connectivity index (χ0v) is 15.8. The summed E-state index contributed by atoms with van der Waals surface area (Å²) in [5.41, 5.74) is 2.64. The molecule has 26 heavy (non-hydrogen) atoms. The highest BCUT2D eigenvalue weighted by Crippen LogP contribution is 2.29. The fraction of sp³-hybridized carbons (Fsp3) is 0.0556. The predicted octanol–water partition coefficient (Wildman–Crippen LogP) is 4.81. The predicted molar refractivity (Wildman–Crippen MR) is 107 cm³/mol. The van der Waals surface area contributed by atoms with Crippen LogP contribution in [0.3, 0.4) is 0 Å². The van der Waals surface area contributed by atoms with E-state index in [-0.39, 0.29) is 0 Å². The number of para-hydroxylation sites is 1. The Morgan fingerprint density at radius 1 is 1.00 bits per heavy atom. The second-order valence-electron chi connectivity index (χ2n) is 5.60. The van der Waals surface area contributed by atoms with Crippen molar-refractivity contribution < 1.29 is 0 Å². The lowest BCUT2D eigenvalue weighted by Gasteiger charge is -2.06. The van der Waals surface area contributed by atoms with E-state index in [0.717, 1.165) is 22.0 Å². The highest BCUT2D eigenvalue weighted by molar-refractivity contribution is 7.98. The molecule has 0 bridgehead atoms. The molecule has 0 aliphatic carbocycles. The van der Waals surface area contributed by atoms with E-state index >= 15 is 0 Å². The first kappa shape index (κ1) is 17.1. The number of nitrogen functional groups attached to an aromatic ring is 1. The molecule has 0 saturated heterocycles. The molecule has 0 spiro atoms. The largest absolute Gasteiger partial charge is 0.335 e. The third-order valence-electron chi connectivity index (χ3n) is 3.87. The molecule has 4 aromatic rings. The van der Waals surface area contributed by atoms with Crippen LogP contribution in [-0.4, -0.2) is 19.9 Å². The fourth-order valence-corrected chi connectivity index (χ4v) is 3.80. The number of rotatable bonds is 4. The number of benzene rings is 2. The van der Waals surface area contributed by atoms with Gasteiger partial charge in [-0.3, -0.25) is 0 Å². The number of pyridine rings is 1. The zero-order chi connectivity index (χ0) is 18.1. The molecular formula is C18H13Cl2N5S. The van der Waals surface area contributed by atoms with Gasteiger partial charge in [-0.25, -0.2) is 9.66 Å². The summed E-state index contributed by atoms with van der Waals surface area (Å²) in [4.78, 5) is 4.44. The molecule has 2 N–H and O–H groups in total. The van der Waals surface area contributed by atoms with Crippen molar-refractivity contribution in [3.05, 3.63) is 70.3 Å². The molecule has 0 unspecified atom stereocenters. The third kappa shape index (κ3) is 3.35. The van der Waals surface area contributed by atoms with Gasteiger partial charge in [0.2, 0.25) is 5.16 Å². The first-order valence-electron chi connectivity index (χ1n) is 7.75. The Labute approximate surface area is 164 Å². The van der Waals surface area contributed by atoms with E-state index in [1.807, 2.05) is 42.5 Å². The summed E-state index contributed by atoms with van der Waals surface area (Å²) in [7, 11) is 0. The highest BCUT2D eigenvalue weighted by atomic mass is 35.5. The zero-order valence-electron chi connectivity index (χ0n) is 13.4. The molecule has 0 saturated carbocycles. The van der Waals surface area contributed by atoms with Crippen LogP contribution < -0.4 is 5.84 Å². The summed E-state index contributed by atoms with van der Waals surface area (Å²) in [5.74, 6) is 7.32. The minimum Gasteiger partial charge on any atom is -0.335 e. The smallest absolute Gasteiger partial charge is 0.210 e.